The Labute approximate surface area is 138 Å². The van der Waals surface area contributed by atoms with Crippen LogP contribution in [-0.2, 0) is 6.42 Å². The number of hydrogen-bond acceptors (Lipinski definition) is 4. The first-order valence-electron chi connectivity index (χ1n) is 7.15. The van der Waals surface area contributed by atoms with E-state index in [1.54, 1.807) is 25.5 Å². The number of ether oxygens (including phenoxy) is 1. The van der Waals surface area contributed by atoms with Crippen molar-refractivity contribution >= 4 is 27.8 Å². The van der Waals surface area contributed by atoms with Gasteiger partial charge in [-0.3, -0.25) is 5.01 Å². The summed E-state index contributed by atoms with van der Waals surface area (Å²) in [6, 6.07) is 11.8. The van der Waals surface area contributed by atoms with E-state index in [-0.39, 0.29) is 5.75 Å². The molecular weight excluding hydrogens is 344 g/mol. The van der Waals surface area contributed by atoms with Crippen molar-refractivity contribution in [2.45, 2.75) is 12.8 Å². The van der Waals surface area contributed by atoms with Crippen molar-refractivity contribution in [3.8, 4) is 11.5 Å². The van der Waals surface area contributed by atoms with Crippen molar-refractivity contribution in [2.75, 3.05) is 18.7 Å². The fourth-order valence-corrected chi connectivity index (χ4v) is 3.03. The zero-order chi connectivity index (χ0) is 15.5. The van der Waals surface area contributed by atoms with Crippen LogP contribution in [0, 0.1) is 0 Å². The summed E-state index contributed by atoms with van der Waals surface area (Å²) in [5.41, 5.74) is 3.06. The van der Waals surface area contributed by atoms with Gasteiger partial charge in [-0.15, -0.1) is 0 Å². The molecule has 0 saturated heterocycles. The van der Waals surface area contributed by atoms with Crippen LogP contribution in [0.4, 0.5) is 5.69 Å². The number of nitrogens with zero attached hydrogens (tertiary/aromatic N) is 2. The summed E-state index contributed by atoms with van der Waals surface area (Å²) < 4.78 is 5.81. The van der Waals surface area contributed by atoms with Crippen molar-refractivity contribution in [1.29, 1.82) is 0 Å². The molecule has 0 unspecified atom stereocenters. The van der Waals surface area contributed by atoms with Gasteiger partial charge >= 0.3 is 0 Å². The van der Waals surface area contributed by atoms with E-state index in [4.69, 9.17) is 4.74 Å². The number of hydrogen-bond donors (Lipinski definition) is 1. The van der Waals surface area contributed by atoms with E-state index in [1.807, 2.05) is 11.1 Å². The van der Waals surface area contributed by atoms with Crippen molar-refractivity contribution in [2.24, 2.45) is 5.10 Å². The third kappa shape index (κ3) is 2.95. The lowest BCUT2D eigenvalue weighted by atomic mass is 10.0. The Morgan fingerprint density at radius 1 is 1.32 bits per heavy atom. The summed E-state index contributed by atoms with van der Waals surface area (Å²) in [5.74, 6) is 0.833. The molecular formula is C17H17BrN2O2. The lowest BCUT2D eigenvalue weighted by Crippen LogP contribution is -2.24. The molecule has 0 fully saturated rings. The number of para-hydroxylation sites is 1. The van der Waals surface area contributed by atoms with Crippen molar-refractivity contribution in [3.05, 3.63) is 52.0 Å². The van der Waals surface area contributed by atoms with E-state index in [2.05, 4.69) is 39.2 Å². The lowest BCUT2D eigenvalue weighted by molar-refractivity contribution is 0.411. The SMILES string of the molecule is COc1cc(Br)c(O)c(/C=N/N2CCCc3ccccc32)c1. The molecule has 114 valence electrons. The van der Waals surface area contributed by atoms with Crippen LogP contribution in [0.3, 0.4) is 0 Å². The maximum Gasteiger partial charge on any atom is 0.138 e. The molecule has 1 N–H and O–H groups in total. The molecule has 4 nitrogen and oxygen atoms in total. The standard InChI is InChI=1S/C17H17BrN2O2/c1-22-14-9-13(17(21)15(18)10-14)11-19-20-8-4-6-12-5-2-3-7-16(12)20/h2-3,5,7,9-11,21H,4,6,8H2,1H3/b19-11+. The summed E-state index contributed by atoms with van der Waals surface area (Å²) in [6.07, 6.45) is 3.82. The number of anilines is 1. The maximum atomic E-state index is 10.1. The number of rotatable bonds is 3. The van der Waals surface area contributed by atoms with Gasteiger partial charge in [0.2, 0.25) is 0 Å². The molecule has 0 amide bonds. The highest BCUT2D eigenvalue weighted by molar-refractivity contribution is 9.10. The first-order chi connectivity index (χ1) is 10.7. The third-order valence-corrected chi connectivity index (χ3v) is 4.33. The quantitative estimate of drug-likeness (QED) is 0.842. The van der Waals surface area contributed by atoms with Crippen LogP contribution in [0.15, 0.2) is 46.0 Å². The largest absolute Gasteiger partial charge is 0.506 e. The van der Waals surface area contributed by atoms with Gasteiger partial charge in [-0.2, -0.15) is 5.10 Å². The van der Waals surface area contributed by atoms with Gasteiger partial charge in [0, 0.05) is 12.1 Å². The van der Waals surface area contributed by atoms with E-state index >= 15 is 0 Å². The Hall–Kier alpha value is -2.01. The second kappa shape index (κ2) is 6.40. The average Bonchev–Trinajstić information content (AvgIpc) is 2.56. The summed E-state index contributed by atoms with van der Waals surface area (Å²) in [4.78, 5) is 0. The Morgan fingerprint density at radius 3 is 2.95 bits per heavy atom. The van der Waals surface area contributed by atoms with Gasteiger partial charge in [-0.1, -0.05) is 18.2 Å². The van der Waals surface area contributed by atoms with Crippen LogP contribution in [0.5, 0.6) is 11.5 Å². The van der Waals surface area contributed by atoms with Crippen LogP contribution in [0.2, 0.25) is 0 Å². The molecule has 5 heteroatoms. The number of fused-ring (bicyclic) bond motifs is 1. The number of hydrazone groups is 1. The zero-order valence-electron chi connectivity index (χ0n) is 12.3. The first-order valence-corrected chi connectivity index (χ1v) is 7.94. The minimum absolute atomic E-state index is 0.162. The minimum Gasteiger partial charge on any atom is -0.506 e. The number of phenols is 1. The van der Waals surface area contributed by atoms with E-state index < -0.39 is 0 Å². The van der Waals surface area contributed by atoms with Gasteiger partial charge in [-0.05, 0) is 52.5 Å². The van der Waals surface area contributed by atoms with E-state index in [0.29, 0.717) is 15.8 Å². The number of aromatic hydroxyl groups is 1. The van der Waals surface area contributed by atoms with Gasteiger partial charge < -0.3 is 9.84 Å². The van der Waals surface area contributed by atoms with Crippen LogP contribution in [0.25, 0.3) is 0 Å². The molecule has 2 aromatic rings. The number of benzene rings is 2. The number of halogens is 1. The van der Waals surface area contributed by atoms with Crippen molar-refractivity contribution < 1.29 is 9.84 Å². The summed E-state index contributed by atoms with van der Waals surface area (Å²) in [5, 5.41) is 16.7. The number of methoxy groups -OCH3 is 1. The molecule has 0 spiro atoms. The van der Waals surface area contributed by atoms with Gasteiger partial charge in [0.25, 0.3) is 0 Å². The molecule has 0 saturated carbocycles. The van der Waals surface area contributed by atoms with Crippen molar-refractivity contribution in [3.63, 3.8) is 0 Å². The van der Waals surface area contributed by atoms with Crippen LogP contribution >= 0.6 is 15.9 Å². The zero-order valence-corrected chi connectivity index (χ0v) is 13.9. The monoisotopic (exact) mass is 360 g/mol. The summed E-state index contributed by atoms with van der Waals surface area (Å²) in [7, 11) is 1.60. The van der Waals surface area contributed by atoms with Crippen LogP contribution < -0.4 is 9.75 Å². The van der Waals surface area contributed by atoms with Gasteiger partial charge in [0.15, 0.2) is 0 Å². The van der Waals surface area contributed by atoms with Crippen LogP contribution in [-0.4, -0.2) is 25.0 Å². The third-order valence-electron chi connectivity index (χ3n) is 3.72. The van der Waals surface area contributed by atoms with Gasteiger partial charge in [-0.25, -0.2) is 0 Å². The molecule has 0 bridgehead atoms. The summed E-state index contributed by atoms with van der Waals surface area (Å²) >= 11 is 3.32. The van der Waals surface area contributed by atoms with E-state index in [9.17, 15) is 5.11 Å². The minimum atomic E-state index is 0.162. The lowest BCUT2D eigenvalue weighted by Gasteiger charge is -2.26. The topological polar surface area (TPSA) is 45.1 Å². The number of phenolic OH excluding ortho intramolecular Hbond substituents is 1. The highest BCUT2D eigenvalue weighted by Gasteiger charge is 2.15. The first kappa shape index (κ1) is 14.9. The predicted octanol–water partition coefficient (Wildman–Crippen LogP) is 3.95. The molecule has 2 aromatic carbocycles. The van der Waals surface area contributed by atoms with E-state index in [1.165, 1.54) is 5.56 Å². The molecule has 1 aliphatic heterocycles. The van der Waals surface area contributed by atoms with Gasteiger partial charge in [0.1, 0.15) is 11.5 Å². The summed E-state index contributed by atoms with van der Waals surface area (Å²) in [6.45, 7) is 0.874. The Bertz CT molecular complexity index is 716. The molecule has 22 heavy (non-hydrogen) atoms. The molecule has 1 aliphatic rings. The second-order valence-electron chi connectivity index (χ2n) is 5.15. The van der Waals surface area contributed by atoms with Crippen molar-refractivity contribution in [1.82, 2.24) is 0 Å². The smallest absolute Gasteiger partial charge is 0.138 e. The Morgan fingerprint density at radius 2 is 2.14 bits per heavy atom. The van der Waals surface area contributed by atoms with Gasteiger partial charge in [0.05, 0.1) is 23.5 Å². The maximum absolute atomic E-state index is 10.1. The molecule has 3 rings (SSSR count). The molecule has 0 radical (unpaired) electrons. The highest BCUT2D eigenvalue weighted by atomic mass is 79.9. The molecule has 0 aromatic heterocycles. The molecule has 1 heterocycles. The average molecular weight is 361 g/mol. The highest BCUT2D eigenvalue weighted by Crippen LogP contribution is 2.32. The van der Waals surface area contributed by atoms with Crippen LogP contribution in [0.1, 0.15) is 17.5 Å². The normalized spacial score (nSPS) is 14.2. The number of aryl methyl sites for hydroxylation is 1. The predicted molar refractivity (Wildman–Crippen MR) is 92.1 cm³/mol. The fraction of sp³-hybridized carbons (Fsp3) is 0.235. The second-order valence-corrected chi connectivity index (χ2v) is 6.00. The molecule has 0 atom stereocenters. The van der Waals surface area contributed by atoms with E-state index in [0.717, 1.165) is 25.1 Å². The fourth-order valence-electron chi connectivity index (χ4n) is 2.58. The Balaban J connectivity index is 1.91. The Kier molecular flexibility index (Phi) is 4.34. The molecule has 0 aliphatic carbocycles.